The van der Waals surface area contributed by atoms with Gasteiger partial charge in [0.25, 0.3) is 11.8 Å². The molecule has 0 bridgehead atoms. The van der Waals surface area contributed by atoms with Crippen molar-refractivity contribution in [2.45, 2.75) is 13.0 Å². The lowest BCUT2D eigenvalue weighted by Gasteiger charge is -2.15. The van der Waals surface area contributed by atoms with Gasteiger partial charge in [-0.3, -0.25) is 9.59 Å². The average Bonchev–Trinajstić information content (AvgIpc) is 2.60. The lowest BCUT2D eigenvalue weighted by atomic mass is 10.1. The molecule has 94 valence electrons. The summed E-state index contributed by atoms with van der Waals surface area (Å²) in [6, 6.07) is 6.43. The molecule has 1 aromatic rings. The zero-order valence-corrected chi connectivity index (χ0v) is 9.62. The monoisotopic (exact) mass is 249 g/mol. The second-order valence-electron chi connectivity index (χ2n) is 3.86. The minimum absolute atomic E-state index is 0.314. The van der Waals surface area contributed by atoms with E-state index >= 15 is 0 Å². The number of ether oxygens (including phenoxy) is 1. The van der Waals surface area contributed by atoms with Gasteiger partial charge in [-0.1, -0.05) is 12.1 Å². The van der Waals surface area contributed by atoms with Gasteiger partial charge in [-0.25, -0.2) is 9.69 Å². The van der Waals surface area contributed by atoms with Crippen molar-refractivity contribution in [3.8, 4) is 0 Å². The van der Waals surface area contributed by atoms with Crippen LogP contribution in [0.25, 0.3) is 0 Å². The van der Waals surface area contributed by atoms with E-state index in [1.165, 1.54) is 6.92 Å². The summed E-state index contributed by atoms with van der Waals surface area (Å²) < 4.78 is 4.94. The number of nitrogens with zero attached hydrogens (tertiary/aromatic N) is 1. The number of carbonyl (C=O) groups excluding carboxylic acids is 2. The Bertz CT molecular complexity index is 490. The Hall–Kier alpha value is -2.21. The van der Waals surface area contributed by atoms with Crippen LogP contribution in [-0.2, 0) is 9.53 Å². The van der Waals surface area contributed by atoms with E-state index < -0.39 is 23.9 Å². The van der Waals surface area contributed by atoms with Gasteiger partial charge in [-0.15, -0.1) is 0 Å². The van der Waals surface area contributed by atoms with Gasteiger partial charge in [0.15, 0.2) is 6.10 Å². The Morgan fingerprint density at radius 3 is 2.22 bits per heavy atom. The van der Waals surface area contributed by atoms with Crippen LogP contribution in [0.2, 0.25) is 0 Å². The maximum atomic E-state index is 11.9. The van der Waals surface area contributed by atoms with Crippen molar-refractivity contribution in [3.05, 3.63) is 35.4 Å². The molecule has 0 fully saturated rings. The second kappa shape index (κ2) is 4.58. The van der Waals surface area contributed by atoms with Crippen molar-refractivity contribution in [1.29, 1.82) is 0 Å². The van der Waals surface area contributed by atoms with E-state index in [0.29, 0.717) is 11.1 Å². The highest BCUT2D eigenvalue weighted by Crippen LogP contribution is 2.22. The molecule has 1 atom stereocenters. The number of carbonyl (C=O) groups is 3. The Morgan fingerprint density at radius 2 is 1.78 bits per heavy atom. The number of benzene rings is 1. The summed E-state index contributed by atoms with van der Waals surface area (Å²) in [5, 5.41) is 8.65. The Kier molecular flexibility index (Phi) is 3.12. The van der Waals surface area contributed by atoms with E-state index in [1.807, 2.05) is 0 Å². The van der Waals surface area contributed by atoms with Crippen LogP contribution in [0.3, 0.4) is 0 Å². The van der Waals surface area contributed by atoms with Crippen LogP contribution in [0.1, 0.15) is 27.6 Å². The molecule has 0 spiro atoms. The van der Waals surface area contributed by atoms with Gasteiger partial charge >= 0.3 is 5.97 Å². The van der Waals surface area contributed by atoms with E-state index in [2.05, 4.69) is 0 Å². The molecule has 6 nitrogen and oxygen atoms in total. The predicted octanol–water partition coefficient (Wildman–Crippen LogP) is 0.730. The molecule has 0 saturated heterocycles. The van der Waals surface area contributed by atoms with Crippen LogP contribution in [0.15, 0.2) is 24.3 Å². The lowest BCUT2D eigenvalue weighted by molar-refractivity contribution is -0.150. The van der Waals surface area contributed by atoms with Gasteiger partial charge in [0.1, 0.15) is 6.73 Å². The van der Waals surface area contributed by atoms with Gasteiger partial charge in [0, 0.05) is 0 Å². The molecule has 1 aliphatic rings. The number of aliphatic carboxylic acids is 1. The summed E-state index contributed by atoms with van der Waals surface area (Å²) in [5.41, 5.74) is 0.628. The van der Waals surface area contributed by atoms with Gasteiger partial charge in [0.2, 0.25) is 0 Å². The van der Waals surface area contributed by atoms with Crippen LogP contribution in [0.4, 0.5) is 0 Å². The van der Waals surface area contributed by atoms with Gasteiger partial charge in [0.05, 0.1) is 11.1 Å². The van der Waals surface area contributed by atoms with Crippen molar-refractivity contribution < 1.29 is 24.2 Å². The molecular formula is C12H11NO5. The first-order valence-corrected chi connectivity index (χ1v) is 5.32. The van der Waals surface area contributed by atoms with E-state index in [9.17, 15) is 14.4 Å². The summed E-state index contributed by atoms with van der Waals surface area (Å²) in [6.07, 6.45) is -1.07. The molecule has 0 aliphatic carbocycles. The first-order valence-electron chi connectivity index (χ1n) is 5.32. The molecule has 2 rings (SSSR count). The fraction of sp³-hybridized carbons (Fsp3) is 0.250. The van der Waals surface area contributed by atoms with Crippen molar-refractivity contribution in [3.63, 3.8) is 0 Å². The quantitative estimate of drug-likeness (QED) is 0.795. The van der Waals surface area contributed by atoms with Crippen molar-refractivity contribution >= 4 is 17.8 Å². The first kappa shape index (κ1) is 12.3. The standard InChI is InChI=1S/C12H11NO5/c1-7(12(16)17)18-6-13-10(14)8-4-2-3-5-9(8)11(13)15/h2-5,7H,6H2,1H3,(H,16,17)/t7-/m0/s1. The Balaban J connectivity index is 2.12. The van der Waals surface area contributed by atoms with Gasteiger partial charge in [-0.05, 0) is 19.1 Å². The third-order valence-electron chi connectivity index (χ3n) is 2.68. The third kappa shape index (κ3) is 1.98. The Labute approximate surface area is 103 Å². The van der Waals surface area contributed by atoms with Crippen LogP contribution in [0.5, 0.6) is 0 Å². The third-order valence-corrected chi connectivity index (χ3v) is 2.68. The number of hydrogen-bond donors (Lipinski definition) is 1. The molecule has 1 aliphatic heterocycles. The number of hydrogen-bond acceptors (Lipinski definition) is 4. The summed E-state index contributed by atoms with van der Waals surface area (Å²) in [4.78, 5) is 35.2. The SMILES string of the molecule is C[C@H](OCN1C(=O)c2ccccc2C1=O)C(=O)O. The number of carboxylic acid groups (broad SMARTS) is 1. The summed E-state index contributed by atoms with van der Waals surface area (Å²) in [6.45, 7) is 0.973. The number of amides is 2. The fourth-order valence-corrected chi connectivity index (χ4v) is 1.61. The first-order chi connectivity index (χ1) is 8.52. The van der Waals surface area contributed by atoms with Gasteiger partial charge in [-0.2, -0.15) is 0 Å². The van der Waals surface area contributed by atoms with Crippen LogP contribution in [-0.4, -0.2) is 40.6 Å². The Morgan fingerprint density at radius 1 is 1.28 bits per heavy atom. The summed E-state index contributed by atoms with van der Waals surface area (Å²) >= 11 is 0. The van der Waals surface area contributed by atoms with Crippen molar-refractivity contribution in [2.24, 2.45) is 0 Å². The van der Waals surface area contributed by atoms with E-state index in [-0.39, 0.29) is 6.73 Å². The largest absolute Gasteiger partial charge is 0.479 e. The lowest BCUT2D eigenvalue weighted by Crippen LogP contribution is -2.35. The van der Waals surface area contributed by atoms with Crippen LogP contribution < -0.4 is 0 Å². The van der Waals surface area contributed by atoms with Crippen molar-refractivity contribution in [1.82, 2.24) is 4.90 Å². The van der Waals surface area contributed by atoms with Crippen LogP contribution >= 0.6 is 0 Å². The van der Waals surface area contributed by atoms with E-state index in [1.54, 1.807) is 24.3 Å². The van der Waals surface area contributed by atoms with E-state index in [4.69, 9.17) is 9.84 Å². The number of carboxylic acids is 1. The minimum atomic E-state index is -1.15. The molecule has 1 aromatic carbocycles. The smallest absolute Gasteiger partial charge is 0.332 e. The molecule has 0 saturated carbocycles. The summed E-state index contributed by atoms with van der Waals surface area (Å²) in [5.74, 6) is -2.08. The molecule has 0 radical (unpaired) electrons. The molecule has 18 heavy (non-hydrogen) atoms. The topological polar surface area (TPSA) is 83.9 Å². The van der Waals surface area contributed by atoms with E-state index in [0.717, 1.165) is 4.90 Å². The number of imide groups is 1. The molecule has 2 amide bonds. The second-order valence-corrected chi connectivity index (χ2v) is 3.86. The predicted molar refractivity (Wildman–Crippen MR) is 60.0 cm³/mol. The number of fused-ring (bicyclic) bond motifs is 1. The molecule has 6 heteroatoms. The highest BCUT2D eigenvalue weighted by Gasteiger charge is 2.35. The summed E-state index contributed by atoms with van der Waals surface area (Å²) in [7, 11) is 0. The van der Waals surface area contributed by atoms with Crippen LogP contribution in [0, 0.1) is 0 Å². The minimum Gasteiger partial charge on any atom is -0.479 e. The highest BCUT2D eigenvalue weighted by molar-refractivity contribution is 6.21. The maximum Gasteiger partial charge on any atom is 0.332 e. The molecule has 1 N–H and O–H groups in total. The molecule has 0 aromatic heterocycles. The zero-order valence-electron chi connectivity index (χ0n) is 9.62. The number of rotatable bonds is 4. The van der Waals surface area contributed by atoms with Crippen molar-refractivity contribution in [2.75, 3.05) is 6.73 Å². The average molecular weight is 249 g/mol. The maximum absolute atomic E-state index is 11.9. The zero-order chi connectivity index (χ0) is 13.3. The molecule has 0 unspecified atom stereocenters. The normalized spacial score (nSPS) is 15.7. The van der Waals surface area contributed by atoms with Gasteiger partial charge < -0.3 is 9.84 Å². The molecule has 1 heterocycles. The highest BCUT2D eigenvalue weighted by atomic mass is 16.5. The molecular weight excluding hydrogens is 238 g/mol. The fourth-order valence-electron chi connectivity index (χ4n) is 1.61.